The molecular formula is C26H37NO6. The molecule has 0 saturated carbocycles. The Bertz CT molecular complexity index is 939. The van der Waals surface area contributed by atoms with Crippen LogP contribution in [0.4, 0.5) is 4.79 Å². The summed E-state index contributed by atoms with van der Waals surface area (Å²) in [7, 11) is 1.26. The minimum atomic E-state index is -0.845. The molecule has 7 nitrogen and oxygen atoms in total. The highest BCUT2D eigenvalue weighted by Crippen LogP contribution is 2.26. The highest BCUT2D eigenvalue weighted by Gasteiger charge is 2.21. The van der Waals surface area contributed by atoms with Crippen LogP contribution in [0, 0.1) is 0 Å². The summed E-state index contributed by atoms with van der Waals surface area (Å²) in [6, 6.07) is 1.34. The smallest absolute Gasteiger partial charge is 0.432 e. The lowest BCUT2D eigenvalue weighted by atomic mass is 9.99. The molecule has 1 aromatic rings. The maximum atomic E-state index is 12.7. The minimum absolute atomic E-state index is 0.158. The largest absolute Gasteiger partial charge is 0.507 e. The molecule has 1 N–H and O–H groups in total. The van der Waals surface area contributed by atoms with Crippen LogP contribution in [0.25, 0.3) is 0 Å². The molecule has 0 aliphatic heterocycles. The van der Waals surface area contributed by atoms with E-state index in [9.17, 15) is 19.5 Å². The fourth-order valence-corrected chi connectivity index (χ4v) is 3.25. The van der Waals surface area contributed by atoms with Gasteiger partial charge in [-0.25, -0.2) is 9.59 Å². The van der Waals surface area contributed by atoms with Gasteiger partial charge >= 0.3 is 11.7 Å². The highest BCUT2D eigenvalue weighted by atomic mass is 16.5. The first kappa shape index (κ1) is 28.1. The Morgan fingerprint density at radius 3 is 2.55 bits per heavy atom. The number of aliphatic imine (C=N–C) groups is 1. The Kier molecular flexibility index (Phi) is 12.7. The number of carbonyl (C=O) groups is 2. The van der Waals surface area contributed by atoms with Gasteiger partial charge in [0.15, 0.2) is 5.78 Å². The number of rotatable bonds is 13. The van der Waals surface area contributed by atoms with Crippen LogP contribution in [-0.4, -0.2) is 30.3 Å². The first-order valence-electron chi connectivity index (χ1n) is 11.6. The first-order chi connectivity index (χ1) is 15.7. The van der Waals surface area contributed by atoms with Crippen molar-refractivity contribution in [1.82, 2.24) is 0 Å². The molecule has 0 fully saturated rings. The molecule has 33 heavy (non-hydrogen) atoms. The van der Waals surface area contributed by atoms with E-state index < -0.39 is 17.5 Å². The third-order valence-corrected chi connectivity index (χ3v) is 5.40. The van der Waals surface area contributed by atoms with Gasteiger partial charge in [0, 0.05) is 18.2 Å². The normalized spacial score (nSPS) is 13.4. The Balaban J connectivity index is 2.81. The average Bonchev–Trinajstić information content (AvgIpc) is 2.78. The molecule has 1 amide bonds. The predicted molar refractivity (Wildman–Crippen MR) is 130 cm³/mol. The summed E-state index contributed by atoms with van der Waals surface area (Å²) in [4.78, 5) is 39.7. The Labute approximate surface area is 196 Å². The predicted octanol–water partition coefficient (Wildman–Crippen LogP) is 6.50. The van der Waals surface area contributed by atoms with E-state index in [-0.39, 0.29) is 17.2 Å². The molecule has 0 saturated heterocycles. The zero-order chi connectivity index (χ0) is 24.8. The van der Waals surface area contributed by atoms with Gasteiger partial charge in [0.1, 0.15) is 17.1 Å². The molecule has 182 valence electrons. The summed E-state index contributed by atoms with van der Waals surface area (Å²) in [6.45, 7) is 7.67. The zero-order valence-corrected chi connectivity index (χ0v) is 20.5. The zero-order valence-electron chi connectivity index (χ0n) is 20.5. The molecular weight excluding hydrogens is 422 g/mol. The van der Waals surface area contributed by atoms with Crippen molar-refractivity contribution in [2.45, 2.75) is 85.0 Å². The van der Waals surface area contributed by atoms with Crippen molar-refractivity contribution in [2.24, 2.45) is 4.99 Å². The third kappa shape index (κ3) is 10.0. The van der Waals surface area contributed by atoms with Crippen molar-refractivity contribution in [3.8, 4) is 5.75 Å². The number of aromatic hydroxyl groups is 1. The highest BCUT2D eigenvalue weighted by molar-refractivity contribution is 6.09. The molecule has 0 radical (unpaired) electrons. The topological polar surface area (TPSA) is 106 Å². The molecule has 1 rings (SSSR count). The molecule has 0 bridgehead atoms. The number of ketones is 1. The Hall–Kier alpha value is -2.96. The van der Waals surface area contributed by atoms with Gasteiger partial charge in [0.25, 0.3) is 0 Å². The number of hydrogen-bond donors (Lipinski definition) is 1. The Morgan fingerprint density at radius 2 is 1.91 bits per heavy atom. The van der Waals surface area contributed by atoms with Crippen molar-refractivity contribution in [1.29, 1.82) is 0 Å². The van der Waals surface area contributed by atoms with Crippen LogP contribution in [0.5, 0.6) is 5.75 Å². The summed E-state index contributed by atoms with van der Waals surface area (Å²) in [5.41, 5.74) is 0.326. The lowest BCUT2D eigenvalue weighted by molar-refractivity contribution is 0.102. The van der Waals surface area contributed by atoms with Gasteiger partial charge in [-0.15, -0.1) is 0 Å². The summed E-state index contributed by atoms with van der Waals surface area (Å²) in [5, 5.41) is 10.4. The van der Waals surface area contributed by atoms with Gasteiger partial charge in [0.05, 0.1) is 7.11 Å². The van der Waals surface area contributed by atoms with E-state index in [0.717, 1.165) is 18.4 Å². The monoisotopic (exact) mass is 459 g/mol. The van der Waals surface area contributed by atoms with Crippen LogP contribution >= 0.6 is 0 Å². The number of carbonyl (C=O) groups excluding carboxylic acids is 2. The fraction of sp³-hybridized carbons (Fsp3) is 0.538. The third-order valence-electron chi connectivity index (χ3n) is 5.40. The van der Waals surface area contributed by atoms with Crippen LogP contribution in [0.3, 0.4) is 0 Å². The SMILES string of the molecule is CCCCCCC(C)=CC=C(C)C(=O)c1c(O)cc(C(C)CCCC=NC(=O)OC)oc1=O. The van der Waals surface area contributed by atoms with Crippen LogP contribution in [-0.2, 0) is 4.74 Å². The van der Waals surface area contributed by atoms with Gasteiger partial charge in [-0.2, -0.15) is 4.99 Å². The van der Waals surface area contributed by atoms with Gasteiger partial charge < -0.3 is 14.3 Å². The minimum Gasteiger partial charge on any atom is -0.507 e. The molecule has 1 aromatic heterocycles. The molecule has 1 unspecified atom stereocenters. The van der Waals surface area contributed by atoms with Gasteiger partial charge in [0.2, 0.25) is 0 Å². The van der Waals surface area contributed by atoms with E-state index in [1.165, 1.54) is 38.7 Å². The number of allylic oxidation sites excluding steroid dienone is 4. The van der Waals surface area contributed by atoms with Crippen LogP contribution in [0.1, 0.15) is 101 Å². The molecule has 0 spiro atoms. The molecule has 1 atom stereocenters. The summed E-state index contributed by atoms with van der Waals surface area (Å²) in [5.74, 6) is -0.773. The molecule has 0 aliphatic rings. The summed E-state index contributed by atoms with van der Waals surface area (Å²) < 4.78 is 9.77. The maximum Gasteiger partial charge on any atom is 0.432 e. The lowest BCUT2D eigenvalue weighted by Gasteiger charge is -2.11. The van der Waals surface area contributed by atoms with Crippen LogP contribution in [0.15, 0.2) is 43.6 Å². The Morgan fingerprint density at radius 1 is 1.18 bits per heavy atom. The van der Waals surface area contributed by atoms with Crippen LogP contribution in [0.2, 0.25) is 0 Å². The number of ether oxygens (including phenoxy) is 1. The summed E-state index contributed by atoms with van der Waals surface area (Å²) >= 11 is 0. The van der Waals surface area contributed by atoms with Crippen molar-refractivity contribution < 1.29 is 23.8 Å². The average molecular weight is 460 g/mol. The standard InChI is InChI=1S/C26H37NO6/c1-6-7-8-9-12-18(2)14-15-20(4)24(29)23-21(28)17-22(33-25(23)30)19(3)13-10-11-16-27-26(31)32-5/h14-17,19,28H,6-13H2,1-5H3. The number of methoxy groups -OCH3 is 1. The van der Waals surface area contributed by atoms with Crippen molar-refractivity contribution in [3.63, 3.8) is 0 Å². The van der Waals surface area contributed by atoms with Crippen molar-refractivity contribution in [2.75, 3.05) is 7.11 Å². The fourth-order valence-electron chi connectivity index (χ4n) is 3.25. The van der Waals surface area contributed by atoms with E-state index >= 15 is 0 Å². The number of unbranched alkanes of at least 4 members (excludes halogenated alkanes) is 4. The maximum absolute atomic E-state index is 12.7. The van der Waals surface area contributed by atoms with E-state index in [4.69, 9.17) is 4.42 Å². The van der Waals surface area contributed by atoms with E-state index in [0.29, 0.717) is 30.6 Å². The molecule has 0 aromatic carbocycles. The van der Waals surface area contributed by atoms with Crippen LogP contribution < -0.4 is 5.63 Å². The second-order valence-electron chi connectivity index (χ2n) is 8.31. The van der Waals surface area contributed by atoms with Crippen molar-refractivity contribution in [3.05, 3.63) is 51.1 Å². The number of nitrogens with zero attached hydrogens (tertiary/aromatic N) is 1. The lowest BCUT2D eigenvalue weighted by Crippen LogP contribution is -2.16. The van der Waals surface area contributed by atoms with Gasteiger partial charge in [-0.1, -0.05) is 50.8 Å². The molecule has 7 heteroatoms. The number of hydrogen-bond acceptors (Lipinski definition) is 6. The number of amides is 1. The van der Waals surface area contributed by atoms with Crippen molar-refractivity contribution >= 4 is 18.1 Å². The molecule has 0 aliphatic carbocycles. The van der Waals surface area contributed by atoms with Gasteiger partial charge in [-0.3, -0.25) is 4.79 Å². The molecule has 1 heterocycles. The van der Waals surface area contributed by atoms with Gasteiger partial charge in [-0.05, 0) is 51.5 Å². The van der Waals surface area contributed by atoms with E-state index in [2.05, 4.69) is 16.7 Å². The van der Waals surface area contributed by atoms with E-state index in [1.54, 1.807) is 13.0 Å². The second kappa shape index (κ2) is 15.0. The first-order valence-corrected chi connectivity index (χ1v) is 11.6. The summed E-state index contributed by atoms with van der Waals surface area (Å²) in [6.07, 6.45) is 12.0. The van der Waals surface area contributed by atoms with E-state index in [1.807, 2.05) is 19.9 Å². The number of Topliss-reactive ketones (excluding diaryl/α,β-unsaturated/α-hetero) is 1. The quantitative estimate of drug-likeness (QED) is 0.119. The second-order valence-corrected chi connectivity index (χ2v) is 8.31.